The number of benzene rings is 2. The molecule has 29 heavy (non-hydrogen) atoms. The van der Waals surface area contributed by atoms with Crippen molar-refractivity contribution in [1.29, 1.82) is 0 Å². The second kappa shape index (κ2) is 8.21. The van der Waals surface area contributed by atoms with Crippen LogP contribution in [0, 0.1) is 13.8 Å². The molecular formula is C24H28N4O. The van der Waals surface area contributed by atoms with Gasteiger partial charge in [-0.25, -0.2) is 4.68 Å². The summed E-state index contributed by atoms with van der Waals surface area (Å²) in [4.78, 5) is 15.5. The number of nitrogens with zero attached hydrogens (tertiary/aromatic N) is 3. The Morgan fingerprint density at radius 1 is 1.07 bits per heavy atom. The lowest BCUT2D eigenvalue weighted by Gasteiger charge is -2.29. The van der Waals surface area contributed by atoms with Gasteiger partial charge in [0.2, 0.25) is 0 Å². The van der Waals surface area contributed by atoms with Crippen LogP contribution in [-0.4, -0.2) is 46.8 Å². The van der Waals surface area contributed by atoms with Crippen molar-refractivity contribution in [3.05, 3.63) is 71.4 Å². The predicted octanol–water partition coefficient (Wildman–Crippen LogP) is 3.98. The first-order valence-corrected chi connectivity index (χ1v) is 10.2. The molecule has 1 fully saturated rings. The average molecular weight is 389 g/mol. The zero-order chi connectivity index (χ0) is 20.4. The minimum absolute atomic E-state index is 0.0447. The van der Waals surface area contributed by atoms with Gasteiger partial charge >= 0.3 is 0 Å². The van der Waals surface area contributed by atoms with Gasteiger partial charge in [-0.2, -0.15) is 5.10 Å². The van der Waals surface area contributed by atoms with Crippen LogP contribution in [0.15, 0.2) is 54.7 Å². The first-order valence-electron chi connectivity index (χ1n) is 10.2. The molecule has 1 aromatic heterocycles. The minimum atomic E-state index is -0.0447. The smallest absolute Gasteiger partial charge is 0.255 e. The van der Waals surface area contributed by atoms with Crippen LogP contribution in [-0.2, 0) is 0 Å². The monoisotopic (exact) mass is 388 g/mol. The first kappa shape index (κ1) is 19.4. The highest BCUT2D eigenvalue weighted by molar-refractivity contribution is 6.00. The topological polar surface area (TPSA) is 50.2 Å². The standard InChI is InChI=1S/C24H28N4O/c1-17-9-10-21(18(2)15-17)23-22(16-28(26-23)20-7-5-4-6-8-20)24(29)25-19-11-13-27(3)14-12-19/h4-10,15-16,19H,11-14H2,1-3H3,(H,25,29). The molecule has 1 N–H and O–H groups in total. The van der Waals surface area contributed by atoms with E-state index >= 15 is 0 Å². The van der Waals surface area contributed by atoms with E-state index in [1.54, 1.807) is 4.68 Å². The van der Waals surface area contributed by atoms with E-state index in [2.05, 4.69) is 49.3 Å². The van der Waals surface area contributed by atoms with E-state index in [9.17, 15) is 4.79 Å². The van der Waals surface area contributed by atoms with Crippen molar-refractivity contribution in [3.8, 4) is 16.9 Å². The van der Waals surface area contributed by atoms with Crippen molar-refractivity contribution in [2.24, 2.45) is 0 Å². The molecule has 5 nitrogen and oxygen atoms in total. The number of hydrogen-bond donors (Lipinski definition) is 1. The number of amides is 1. The van der Waals surface area contributed by atoms with E-state index in [4.69, 9.17) is 5.10 Å². The fourth-order valence-electron chi connectivity index (χ4n) is 3.95. The molecule has 0 unspecified atom stereocenters. The Bertz CT molecular complexity index is 1000. The molecule has 1 saturated heterocycles. The molecular weight excluding hydrogens is 360 g/mol. The van der Waals surface area contributed by atoms with Gasteiger partial charge in [-0.15, -0.1) is 0 Å². The van der Waals surface area contributed by atoms with Gasteiger partial charge in [0, 0.05) is 17.8 Å². The van der Waals surface area contributed by atoms with Gasteiger partial charge in [0.1, 0.15) is 5.69 Å². The molecule has 0 spiro atoms. The van der Waals surface area contributed by atoms with Gasteiger partial charge < -0.3 is 10.2 Å². The molecule has 3 aromatic rings. The third-order valence-corrected chi connectivity index (χ3v) is 5.67. The molecule has 0 aliphatic carbocycles. The summed E-state index contributed by atoms with van der Waals surface area (Å²) in [5.41, 5.74) is 5.62. The fourth-order valence-corrected chi connectivity index (χ4v) is 3.95. The number of aromatic nitrogens is 2. The maximum Gasteiger partial charge on any atom is 0.255 e. The van der Waals surface area contributed by atoms with Crippen molar-refractivity contribution in [2.45, 2.75) is 32.7 Å². The Balaban J connectivity index is 1.71. The van der Waals surface area contributed by atoms with E-state index in [0.29, 0.717) is 5.56 Å². The molecule has 2 heterocycles. The molecule has 4 rings (SSSR count). The van der Waals surface area contributed by atoms with E-state index in [-0.39, 0.29) is 11.9 Å². The number of hydrogen-bond acceptors (Lipinski definition) is 3. The molecule has 1 aliphatic heterocycles. The Hall–Kier alpha value is -2.92. The van der Waals surface area contributed by atoms with Crippen LogP contribution >= 0.6 is 0 Å². The molecule has 0 bridgehead atoms. The molecule has 150 valence electrons. The van der Waals surface area contributed by atoms with Gasteiger partial charge in [-0.05, 0) is 64.5 Å². The summed E-state index contributed by atoms with van der Waals surface area (Å²) in [6.07, 6.45) is 3.82. The highest BCUT2D eigenvalue weighted by atomic mass is 16.1. The summed E-state index contributed by atoms with van der Waals surface area (Å²) >= 11 is 0. The minimum Gasteiger partial charge on any atom is -0.349 e. The van der Waals surface area contributed by atoms with Gasteiger partial charge in [-0.3, -0.25) is 4.79 Å². The number of aryl methyl sites for hydroxylation is 2. The van der Waals surface area contributed by atoms with Crippen LogP contribution in [0.5, 0.6) is 0 Å². The summed E-state index contributed by atoms with van der Waals surface area (Å²) in [5.74, 6) is -0.0447. The zero-order valence-corrected chi connectivity index (χ0v) is 17.4. The number of piperidine rings is 1. The van der Waals surface area contributed by atoms with Gasteiger partial charge in [0.15, 0.2) is 0 Å². The second-order valence-corrected chi connectivity index (χ2v) is 8.04. The lowest BCUT2D eigenvalue weighted by molar-refractivity contribution is 0.0917. The maximum absolute atomic E-state index is 13.2. The molecule has 0 radical (unpaired) electrons. The highest BCUT2D eigenvalue weighted by Crippen LogP contribution is 2.28. The van der Waals surface area contributed by atoms with Crippen LogP contribution in [0.3, 0.4) is 0 Å². The van der Waals surface area contributed by atoms with E-state index in [1.807, 2.05) is 36.5 Å². The third-order valence-electron chi connectivity index (χ3n) is 5.67. The molecule has 1 amide bonds. The molecule has 0 saturated carbocycles. The fraction of sp³-hybridized carbons (Fsp3) is 0.333. The van der Waals surface area contributed by atoms with Crippen molar-refractivity contribution < 1.29 is 4.79 Å². The number of carbonyl (C=O) groups is 1. The lowest BCUT2D eigenvalue weighted by atomic mass is 10.00. The van der Waals surface area contributed by atoms with Crippen LogP contribution in [0.4, 0.5) is 0 Å². The van der Waals surface area contributed by atoms with Crippen molar-refractivity contribution >= 4 is 5.91 Å². The van der Waals surface area contributed by atoms with E-state index < -0.39 is 0 Å². The highest BCUT2D eigenvalue weighted by Gasteiger charge is 2.24. The molecule has 5 heteroatoms. The van der Waals surface area contributed by atoms with Gasteiger partial charge in [-0.1, -0.05) is 42.0 Å². The molecule has 0 atom stereocenters. The summed E-state index contributed by atoms with van der Waals surface area (Å²) in [7, 11) is 2.13. The SMILES string of the molecule is Cc1ccc(-c2nn(-c3ccccc3)cc2C(=O)NC2CCN(C)CC2)c(C)c1. The normalized spacial score (nSPS) is 15.4. The van der Waals surface area contributed by atoms with Crippen LogP contribution in [0.2, 0.25) is 0 Å². The number of nitrogens with one attached hydrogen (secondary N) is 1. The van der Waals surface area contributed by atoms with Crippen molar-refractivity contribution in [3.63, 3.8) is 0 Å². The van der Waals surface area contributed by atoms with Gasteiger partial charge in [0.05, 0.1) is 11.3 Å². The van der Waals surface area contributed by atoms with Crippen LogP contribution in [0.1, 0.15) is 34.3 Å². The number of para-hydroxylation sites is 1. The lowest BCUT2D eigenvalue weighted by Crippen LogP contribution is -2.43. The Kier molecular flexibility index (Phi) is 5.49. The summed E-state index contributed by atoms with van der Waals surface area (Å²) < 4.78 is 1.80. The summed E-state index contributed by atoms with van der Waals surface area (Å²) in [5, 5.41) is 8.06. The number of carbonyl (C=O) groups excluding carboxylic acids is 1. The van der Waals surface area contributed by atoms with E-state index in [1.165, 1.54) is 5.56 Å². The first-order chi connectivity index (χ1) is 14.0. The Morgan fingerprint density at radius 3 is 2.48 bits per heavy atom. The molecule has 1 aliphatic rings. The quantitative estimate of drug-likeness (QED) is 0.735. The second-order valence-electron chi connectivity index (χ2n) is 8.04. The van der Waals surface area contributed by atoms with Crippen molar-refractivity contribution in [1.82, 2.24) is 20.0 Å². The number of likely N-dealkylation sites (tertiary alicyclic amines) is 1. The average Bonchev–Trinajstić information content (AvgIpc) is 3.16. The summed E-state index contributed by atoms with van der Waals surface area (Å²) in [6.45, 7) is 6.17. The largest absolute Gasteiger partial charge is 0.349 e. The Morgan fingerprint density at radius 2 is 1.79 bits per heavy atom. The predicted molar refractivity (Wildman–Crippen MR) is 116 cm³/mol. The van der Waals surface area contributed by atoms with Crippen LogP contribution < -0.4 is 5.32 Å². The molecule has 2 aromatic carbocycles. The summed E-state index contributed by atoms with van der Waals surface area (Å²) in [6, 6.07) is 16.4. The maximum atomic E-state index is 13.2. The van der Waals surface area contributed by atoms with Crippen LogP contribution in [0.25, 0.3) is 16.9 Å². The van der Waals surface area contributed by atoms with Gasteiger partial charge in [0.25, 0.3) is 5.91 Å². The Labute approximate surface area is 172 Å². The zero-order valence-electron chi connectivity index (χ0n) is 17.4. The van der Waals surface area contributed by atoms with E-state index in [0.717, 1.165) is 48.4 Å². The van der Waals surface area contributed by atoms with Crippen molar-refractivity contribution in [2.75, 3.05) is 20.1 Å². The third kappa shape index (κ3) is 4.25. The number of rotatable bonds is 4.